The van der Waals surface area contributed by atoms with E-state index in [-0.39, 0.29) is 18.9 Å². The van der Waals surface area contributed by atoms with E-state index < -0.39 is 12.0 Å². The maximum atomic E-state index is 12.9. The molecule has 0 saturated heterocycles. The smallest absolute Gasteiger partial charge is 0.338 e. The first-order valence-electron chi connectivity index (χ1n) is 9.75. The number of hydrogen-bond donors (Lipinski definition) is 1. The number of amidine groups is 1. The summed E-state index contributed by atoms with van der Waals surface area (Å²) in [6.07, 6.45) is 3.82. The molecule has 30 heavy (non-hydrogen) atoms. The van der Waals surface area contributed by atoms with Gasteiger partial charge in [0.15, 0.2) is 5.17 Å². The number of esters is 1. The maximum absolute atomic E-state index is 12.9. The number of hydrogen-bond acceptors (Lipinski definition) is 6. The lowest BCUT2D eigenvalue weighted by Crippen LogP contribution is -2.38. The highest BCUT2D eigenvalue weighted by molar-refractivity contribution is 8.16. The summed E-state index contributed by atoms with van der Waals surface area (Å²) in [4.78, 5) is 32.0. The van der Waals surface area contributed by atoms with Gasteiger partial charge in [0.2, 0.25) is 5.91 Å². The van der Waals surface area contributed by atoms with Gasteiger partial charge in [0.1, 0.15) is 6.61 Å². The van der Waals surface area contributed by atoms with Crippen LogP contribution in [0.2, 0.25) is 5.02 Å². The molecule has 8 heteroatoms. The van der Waals surface area contributed by atoms with E-state index in [1.807, 2.05) is 22.4 Å². The van der Waals surface area contributed by atoms with Crippen LogP contribution < -0.4 is 5.32 Å². The van der Waals surface area contributed by atoms with E-state index in [1.165, 1.54) is 17.8 Å². The molecule has 0 spiro atoms. The van der Waals surface area contributed by atoms with E-state index in [2.05, 4.69) is 16.9 Å². The summed E-state index contributed by atoms with van der Waals surface area (Å²) in [5, 5.41) is 6.30. The lowest BCUT2D eigenvalue weighted by molar-refractivity contribution is -0.138. The van der Waals surface area contributed by atoms with E-state index in [1.54, 1.807) is 19.1 Å². The van der Waals surface area contributed by atoms with Crippen LogP contribution in [0.4, 0.5) is 0 Å². The standard InChI is InChI=1S/C22H22ClN3O3S/c1-3-10-29-21(28)19-13(2)24-22-26(20(19)14-4-6-15(23)7-5-14)17(12-30-22)11-18(27)25-16-8-9-16/h3-7,12,16,20H,1,8-11H2,2H3,(H,25,27). The second-order valence-corrected chi connectivity index (χ2v) is 8.62. The van der Waals surface area contributed by atoms with Crippen LogP contribution in [-0.4, -0.2) is 34.6 Å². The quantitative estimate of drug-likeness (QED) is 0.502. The number of aliphatic imine (C=N–C) groups is 1. The number of allylic oxidation sites excluding steroid dienone is 1. The average molecular weight is 444 g/mol. The molecular formula is C22H22ClN3O3S. The summed E-state index contributed by atoms with van der Waals surface area (Å²) in [6, 6.07) is 7.18. The predicted octanol–water partition coefficient (Wildman–Crippen LogP) is 4.31. The zero-order valence-electron chi connectivity index (χ0n) is 16.6. The Bertz CT molecular complexity index is 980. The number of nitrogens with one attached hydrogen (secondary N) is 1. The molecule has 4 rings (SSSR count). The number of benzene rings is 1. The number of ether oxygens (including phenoxy) is 1. The SMILES string of the molecule is C=CCOC(=O)C1=C(C)N=C2SC=C(CC(=O)NC3CC3)N2C1c1ccc(Cl)cc1. The average Bonchev–Trinajstić information content (AvgIpc) is 3.45. The first-order chi connectivity index (χ1) is 14.5. The van der Waals surface area contributed by atoms with Crippen molar-refractivity contribution in [1.82, 2.24) is 10.2 Å². The van der Waals surface area contributed by atoms with E-state index in [9.17, 15) is 9.59 Å². The second-order valence-electron chi connectivity index (χ2n) is 7.35. The topological polar surface area (TPSA) is 71.0 Å². The summed E-state index contributed by atoms with van der Waals surface area (Å²) in [5.74, 6) is -0.476. The summed E-state index contributed by atoms with van der Waals surface area (Å²) in [5.41, 5.74) is 2.71. The molecular weight excluding hydrogens is 422 g/mol. The molecule has 6 nitrogen and oxygen atoms in total. The van der Waals surface area contributed by atoms with Crippen LogP contribution >= 0.6 is 23.4 Å². The van der Waals surface area contributed by atoms with Gasteiger partial charge in [-0.15, -0.1) is 0 Å². The zero-order chi connectivity index (χ0) is 21.3. The van der Waals surface area contributed by atoms with Gasteiger partial charge in [-0.3, -0.25) is 4.79 Å². The van der Waals surface area contributed by atoms with Crippen molar-refractivity contribution in [3.8, 4) is 0 Å². The fourth-order valence-electron chi connectivity index (χ4n) is 3.47. The highest BCUT2D eigenvalue weighted by Crippen LogP contribution is 2.45. The summed E-state index contributed by atoms with van der Waals surface area (Å²) < 4.78 is 5.36. The number of thioether (sulfide) groups is 1. The van der Waals surface area contributed by atoms with Crippen LogP contribution in [0.15, 0.2) is 64.3 Å². The molecule has 1 saturated carbocycles. The van der Waals surface area contributed by atoms with Gasteiger partial charge in [0.25, 0.3) is 0 Å². The molecule has 1 atom stereocenters. The van der Waals surface area contributed by atoms with Gasteiger partial charge in [-0.1, -0.05) is 48.2 Å². The second kappa shape index (κ2) is 8.70. The van der Waals surface area contributed by atoms with Crippen LogP contribution in [0.3, 0.4) is 0 Å². The molecule has 2 heterocycles. The van der Waals surface area contributed by atoms with Gasteiger partial charge in [0, 0.05) is 16.8 Å². The van der Waals surface area contributed by atoms with Gasteiger partial charge in [-0.2, -0.15) is 0 Å². The molecule has 1 aliphatic carbocycles. The number of amides is 1. The highest BCUT2D eigenvalue weighted by atomic mass is 35.5. The molecule has 1 aromatic rings. The highest BCUT2D eigenvalue weighted by Gasteiger charge is 2.41. The van der Waals surface area contributed by atoms with Gasteiger partial charge >= 0.3 is 5.97 Å². The van der Waals surface area contributed by atoms with E-state index >= 15 is 0 Å². The largest absolute Gasteiger partial charge is 0.458 e. The van der Waals surface area contributed by atoms with Crippen LogP contribution in [0.5, 0.6) is 0 Å². The van der Waals surface area contributed by atoms with E-state index in [0.29, 0.717) is 22.3 Å². The first-order valence-corrected chi connectivity index (χ1v) is 11.0. The first kappa shape index (κ1) is 20.8. The number of nitrogens with zero attached hydrogens (tertiary/aromatic N) is 2. The van der Waals surface area contributed by atoms with Crippen LogP contribution in [-0.2, 0) is 14.3 Å². The van der Waals surface area contributed by atoms with Crippen LogP contribution in [0.1, 0.15) is 37.8 Å². The van der Waals surface area contributed by atoms with Crippen molar-refractivity contribution in [3.05, 3.63) is 69.9 Å². The molecule has 156 valence electrons. The summed E-state index contributed by atoms with van der Waals surface area (Å²) in [6.45, 7) is 5.52. The van der Waals surface area contributed by atoms with Crippen LogP contribution in [0, 0.1) is 0 Å². The Balaban J connectivity index is 1.69. The Morgan fingerprint density at radius 3 is 2.77 bits per heavy atom. The summed E-state index contributed by atoms with van der Waals surface area (Å²) >= 11 is 7.54. The van der Waals surface area contributed by atoms with Gasteiger partial charge in [-0.05, 0) is 42.9 Å². The molecule has 0 aromatic heterocycles. The Labute approximate surface area is 184 Å². The Morgan fingerprint density at radius 2 is 2.10 bits per heavy atom. The fraction of sp³-hybridized carbons (Fsp3) is 0.318. The minimum atomic E-state index is -0.456. The Hall–Kier alpha value is -2.51. The van der Waals surface area contributed by atoms with Crippen molar-refractivity contribution in [2.45, 2.75) is 38.3 Å². The minimum Gasteiger partial charge on any atom is -0.458 e. The predicted molar refractivity (Wildman–Crippen MR) is 119 cm³/mol. The Morgan fingerprint density at radius 1 is 1.37 bits per heavy atom. The van der Waals surface area contributed by atoms with Crippen molar-refractivity contribution >= 4 is 40.4 Å². The third-order valence-corrected chi connectivity index (χ3v) is 6.16. The fourth-order valence-corrected chi connectivity index (χ4v) is 4.56. The molecule has 1 fully saturated rings. The molecule has 1 unspecified atom stereocenters. The molecule has 3 aliphatic rings. The van der Waals surface area contributed by atoms with Crippen molar-refractivity contribution < 1.29 is 14.3 Å². The van der Waals surface area contributed by atoms with E-state index in [0.717, 1.165) is 29.3 Å². The molecule has 0 radical (unpaired) electrons. The number of rotatable bonds is 7. The molecule has 1 aromatic carbocycles. The molecule has 1 N–H and O–H groups in total. The third-order valence-electron chi connectivity index (χ3n) is 5.02. The Kier molecular flexibility index (Phi) is 6.01. The lowest BCUT2D eigenvalue weighted by Gasteiger charge is -2.36. The molecule has 0 bridgehead atoms. The molecule has 2 aliphatic heterocycles. The van der Waals surface area contributed by atoms with Crippen molar-refractivity contribution in [2.24, 2.45) is 4.99 Å². The van der Waals surface area contributed by atoms with Gasteiger partial charge in [0.05, 0.1) is 23.7 Å². The summed E-state index contributed by atoms with van der Waals surface area (Å²) in [7, 11) is 0. The third kappa shape index (κ3) is 4.32. The number of halogens is 1. The van der Waals surface area contributed by atoms with Gasteiger partial charge < -0.3 is 15.0 Å². The molecule has 1 amide bonds. The minimum absolute atomic E-state index is 0.0254. The monoisotopic (exact) mass is 443 g/mol. The number of fused-ring (bicyclic) bond motifs is 1. The maximum Gasteiger partial charge on any atom is 0.338 e. The zero-order valence-corrected chi connectivity index (χ0v) is 18.1. The number of carbonyl (C=O) groups excluding carboxylic acids is 2. The van der Waals surface area contributed by atoms with Crippen molar-refractivity contribution in [3.63, 3.8) is 0 Å². The normalized spacial score (nSPS) is 20.3. The van der Waals surface area contributed by atoms with E-state index in [4.69, 9.17) is 16.3 Å². The van der Waals surface area contributed by atoms with Crippen molar-refractivity contribution in [2.75, 3.05) is 6.61 Å². The van der Waals surface area contributed by atoms with Gasteiger partial charge in [-0.25, -0.2) is 9.79 Å². The van der Waals surface area contributed by atoms with Crippen molar-refractivity contribution in [1.29, 1.82) is 0 Å². The number of carbonyl (C=O) groups is 2. The van der Waals surface area contributed by atoms with Crippen LogP contribution in [0.25, 0.3) is 0 Å². The lowest BCUT2D eigenvalue weighted by atomic mass is 9.94.